The number of rotatable bonds is 6. The molecule has 2 aromatic carbocycles. The van der Waals surface area contributed by atoms with Crippen molar-refractivity contribution in [3.05, 3.63) is 54.1 Å². The van der Waals surface area contributed by atoms with E-state index in [0.717, 1.165) is 16.8 Å². The molecule has 0 saturated carbocycles. The zero-order chi connectivity index (χ0) is 19.3. The summed E-state index contributed by atoms with van der Waals surface area (Å²) in [6.07, 6.45) is 0.286. The minimum absolute atomic E-state index is 0.0757. The van der Waals surface area contributed by atoms with Gasteiger partial charge in [0.05, 0.1) is 0 Å². The van der Waals surface area contributed by atoms with Crippen LogP contribution in [0.25, 0.3) is 11.1 Å². The fourth-order valence-electron chi connectivity index (χ4n) is 2.68. The Labute approximate surface area is 155 Å². The van der Waals surface area contributed by atoms with Gasteiger partial charge >= 0.3 is 0 Å². The van der Waals surface area contributed by atoms with Gasteiger partial charge < -0.3 is 15.1 Å². The first kappa shape index (κ1) is 19.5. The maximum Gasteiger partial charge on any atom is 0.253 e. The Morgan fingerprint density at radius 3 is 2.23 bits per heavy atom. The van der Waals surface area contributed by atoms with Gasteiger partial charge in [0.2, 0.25) is 5.91 Å². The summed E-state index contributed by atoms with van der Waals surface area (Å²) in [5, 5.41) is 2.59. The van der Waals surface area contributed by atoms with Crippen LogP contribution in [0.15, 0.2) is 48.5 Å². The molecule has 5 heteroatoms. The Balaban J connectivity index is 2.14. The quantitative estimate of drug-likeness (QED) is 0.868. The minimum atomic E-state index is -0.168. The summed E-state index contributed by atoms with van der Waals surface area (Å²) in [5.41, 5.74) is 3.91. The average Bonchev–Trinajstić information content (AvgIpc) is 2.66. The molecule has 1 N–H and O–H groups in total. The summed E-state index contributed by atoms with van der Waals surface area (Å²) < 4.78 is 0. The third-order valence-corrected chi connectivity index (χ3v) is 4.57. The first-order chi connectivity index (χ1) is 12.3. The van der Waals surface area contributed by atoms with Gasteiger partial charge in [0.25, 0.3) is 5.91 Å². The number of carbonyl (C=O) groups excluding carboxylic acids is 2. The first-order valence-corrected chi connectivity index (χ1v) is 8.69. The summed E-state index contributed by atoms with van der Waals surface area (Å²) in [6.45, 7) is 1.87. The molecule has 0 saturated heterocycles. The maximum absolute atomic E-state index is 12.6. The van der Waals surface area contributed by atoms with E-state index in [0.29, 0.717) is 5.56 Å². The van der Waals surface area contributed by atoms with E-state index >= 15 is 0 Å². The van der Waals surface area contributed by atoms with E-state index in [1.54, 1.807) is 19.0 Å². The van der Waals surface area contributed by atoms with Crippen molar-refractivity contribution in [3.63, 3.8) is 0 Å². The van der Waals surface area contributed by atoms with Gasteiger partial charge in [-0.3, -0.25) is 9.59 Å². The van der Waals surface area contributed by atoms with E-state index in [1.165, 1.54) is 0 Å². The van der Waals surface area contributed by atoms with Crippen molar-refractivity contribution >= 4 is 17.5 Å². The van der Waals surface area contributed by atoms with E-state index in [4.69, 9.17) is 0 Å². The molecule has 0 fully saturated rings. The SMILES string of the molecule is CNC(=O)C[C@H](C)N(C)C(=O)c1ccc(-c2cccc(N(C)C)c2)cc1. The van der Waals surface area contributed by atoms with Crippen LogP contribution < -0.4 is 10.2 Å². The second kappa shape index (κ2) is 8.52. The van der Waals surface area contributed by atoms with Crippen LogP contribution in [0.4, 0.5) is 5.69 Å². The lowest BCUT2D eigenvalue weighted by Gasteiger charge is -2.24. The summed E-state index contributed by atoms with van der Waals surface area (Å²) in [4.78, 5) is 27.8. The lowest BCUT2D eigenvalue weighted by molar-refractivity contribution is -0.121. The smallest absolute Gasteiger partial charge is 0.253 e. The van der Waals surface area contributed by atoms with Gasteiger partial charge in [-0.25, -0.2) is 0 Å². The van der Waals surface area contributed by atoms with Crippen molar-refractivity contribution in [2.75, 3.05) is 33.1 Å². The second-order valence-electron chi connectivity index (χ2n) is 6.66. The highest BCUT2D eigenvalue weighted by Gasteiger charge is 2.19. The third-order valence-electron chi connectivity index (χ3n) is 4.57. The molecule has 0 unspecified atom stereocenters. The molecule has 0 heterocycles. The van der Waals surface area contributed by atoms with Crippen LogP contribution >= 0.6 is 0 Å². The molecular formula is C21H27N3O2. The summed E-state index contributed by atoms with van der Waals surface area (Å²) in [6, 6.07) is 15.7. The molecule has 5 nitrogen and oxygen atoms in total. The predicted molar refractivity (Wildman–Crippen MR) is 106 cm³/mol. The molecule has 0 aromatic heterocycles. The first-order valence-electron chi connectivity index (χ1n) is 8.69. The number of amides is 2. The van der Waals surface area contributed by atoms with Crippen LogP contribution in [0, 0.1) is 0 Å². The molecule has 0 radical (unpaired) electrons. The van der Waals surface area contributed by atoms with E-state index in [-0.39, 0.29) is 24.3 Å². The molecule has 1 atom stereocenters. The van der Waals surface area contributed by atoms with Crippen LogP contribution in [0.2, 0.25) is 0 Å². The lowest BCUT2D eigenvalue weighted by Crippen LogP contribution is -2.38. The molecule has 0 aliphatic heterocycles. The molecule has 0 aliphatic carbocycles. The summed E-state index contributed by atoms with van der Waals surface area (Å²) in [7, 11) is 7.35. The highest BCUT2D eigenvalue weighted by molar-refractivity contribution is 5.95. The monoisotopic (exact) mass is 353 g/mol. The van der Waals surface area contributed by atoms with Gasteiger partial charge in [-0.2, -0.15) is 0 Å². The van der Waals surface area contributed by atoms with E-state index in [2.05, 4.69) is 28.4 Å². The maximum atomic E-state index is 12.6. The Hall–Kier alpha value is -2.82. The fraction of sp³-hybridized carbons (Fsp3) is 0.333. The molecular weight excluding hydrogens is 326 g/mol. The van der Waals surface area contributed by atoms with Crippen LogP contribution in [0.5, 0.6) is 0 Å². The molecule has 2 rings (SSSR count). The normalized spacial score (nSPS) is 11.6. The number of benzene rings is 2. The highest BCUT2D eigenvalue weighted by atomic mass is 16.2. The van der Waals surface area contributed by atoms with Crippen LogP contribution in [0.3, 0.4) is 0 Å². The summed E-state index contributed by atoms with van der Waals surface area (Å²) >= 11 is 0. The zero-order valence-corrected chi connectivity index (χ0v) is 16.1. The van der Waals surface area contributed by atoms with E-state index in [9.17, 15) is 9.59 Å². The molecule has 0 spiro atoms. The molecule has 0 bridgehead atoms. The van der Waals surface area contributed by atoms with Gasteiger partial charge in [0.15, 0.2) is 0 Å². The largest absolute Gasteiger partial charge is 0.378 e. The van der Waals surface area contributed by atoms with E-state index < -0.39 is 0 Å². The number of carbonyl (C=O) groups is 2. The van der Waals surface area contributed by atoms with Crippen LogP contribution in [0.1, 0.15) is 23.7 Å². The lowest BCUT2D eigenvalue weighted by atomic mass is 10.0. The molecule has 26 heavy (non-hydrogen) atoms. The van der Waals surface area contributed by atoms with Crippen molar-refractivity contribution in [2.24, 2.45) is 0 Å². The topological polar surface area (TPSA) is 52.7 Å². The van der Waals surface area contributed by atoms with Crippen molar-refractivity contribution in [2.45, 2.75) is 19.4 Å². The highest BCUT2D eigenvalue weighted by Crippen LogP contribution is 2.24. The number of nitrogens with one attached hydrogen (secondary N) is 1. The van der Waals surface area contributed by atoms with Crippen molar-refractivity contribution < 1.29 is 9.59 Å². The number of nitrogens with zero attached hydrogens (tertiary/aromatic N) is 2. The number of hydrogen-bond acceptors (Lipinski definition) is 3. The second-order valence-corrected chi connectivity index (χ2v) is 6.66. The van der Waals surface area contributed by atoms with Gasteiger partial charge in [-0.1, -0.05) is 24.3 Å². The standard InChI is InChI=1S/C21H27N3O2/c1-15(13-20(25)22-2)24(5)21(26)17-11-9-16(10-12-17)18-7-6-8-19(14-18)23(3)4/h6-12,14-15H,13H2,1-5H3,(H,22,25)/t15-/m0/s1. The number of hydrogen-bond donors (Lipinski definition) is 1. The average molecular weight is 353 g/mol. The van der Waals surface area contributed by atoms with E-state index in [1.807, 2.05) is 51.4 Å². The van der Waals surface area contributed by atoms with Gasteiger partial charge in [0.1, 0.15) is 0 Å². The molecule has 2 amide bonds. The molecule has 0 aliphatic rings. The Kier molecular flexibility index (Phi) is 6.39. The Morgan fingerprint density at radius 2 is 1.65 bits per heavy atom. The van der Waals surface area contributed by atoms with Crippen molar-refractivity contribution in [1.82, 2.24) is 10.2 Å². The Bertz CT molecular complexity index is 769. The minimum Gasteiger partial charge on any atom is -0.378 e. The predicted octanol–water partition coefficient (Wildman–Crippen LogP) is 3.02. The molecule has 138 valence electrons. The summed E-state index contributed by atoms with van der Waals surface area (Å²) in [5.74, 6) is -0.164. The van der Waals surface area contributed by atoms with Crippen molar-refractivity contribution in [1.29, 1.82) is 0 Å². The molecule has 2 aromatic rings. The van der Waals surface area contributed by atoms with Crippen LogP contribution in [-0.4, -0.2) is 50.9 Å². The number of anilines is 1. The van der Waals surface area contributed by atoms with Gasteiger partial charge in [-0.15, -0.1) is 0 Å². The van der Waals surface area contributed by atoms with Crippen LogP contribution in [-0.2, 0) is 4.79 Å². The van der Waals surface area contributed by atoms with Gasteiger partial charge in [-0.05, 0) is 42.3 Å². The van der Waals surface area contributed by atoms with Crippen molar-refractivity contribution in [3.8, 4) is 11.1 Å². The van der Waals surface area contributed by atoms with Gasteiger partial charge in [0, 0.05) is 51.9 Å². The third kappa shape index (κ3) is 4.63. The Morgan fingerprint density at radius 1 is 1.00 bits per heavy atom. The zero-order valence-electron chi connectivity index (χ0n) is 16.1. The fourth-order valence-corrected chi connectivity index (χ4v) is 2.68.